The predicted octanol–water partition coefficient (Wildman–Crippen LogP) is 2.20. The van der Waals surface area contributed by atoms with Crippen LogP contribution >= 0.6 is 31.9 Å². The molecule has 0 spiro atoms. The van der Waals surface area contributed by atoms with E-state index in [1.807, 2.05) is 0 Å². The fourth-order valence-electron chi connectivity index (χ4n) is 0.839. The number of piperidine rings is 1. The molecule has 0 aliphatic carbocycles. The van der Waals surface area contributed by atoms with Gasteiger partial charge < -0.3 is 0 Å². The predicted molar refractivity (Wildman–Crippen MR) is 42.4 cm³/mol. The lowest BCUT2D eigenvalue weighted by Gasteiger charge is -2.22. The maximum atomic E-state index is 3.49. The van der Waals surface area contributed by atoms with E-state index in [2.05, 4.69) is 37.2 Å². The van der Waals surface area contributed by atoms with Gasteiger partial charge in [-0.05, 0) is 19.3 Å². The van der Waals surface area contributed by atoms with Gasteiger partial charge in [-0.1, -0.05) is 31.9 Å². The standard InChI is InChI=1S/C5H9Br2N/c6-4-2-1-3-5(7)8-4/h4-5,8H,1-3H2. The molecule has 1 fully saturated rings. The first kappa shape index (κ1) is 7.03. The molecule has 1 nitrogen and oxygen atoms in total. The van der Waals surface area contributed by atoms with Crippen molar-refractivity contribution < 1.29 is 0 Å². The molecule has 0 aromatic heterocycles. The molecule has 2 atom stereocenters. The quantitative estimate of drug-likeness (QED) is 0.508. The minimum atomic E-state index is 0.528. The van der Waals surface area contributed by atoms with Crippen molar-refractivity contribution in [2.75, 3.05) is 0 Å². The zero-order valence-electron chi connectivity index (χ0n) is 4.53. The van der Waals surface area contributed by atoms with Gasteiger partial charge in [-0.3, -0.25) is 5.32 Å². The number of halogens is 2. The van der Waals surface area contributed by atoms with E-state index in [-0.39, 0.29) is 0 Å². The Morgan fingerprint density at radius 3 is 1.88 bits per heavy atom. The first-order chi connectivity index (χ1) is 3.79. The average molecular weight is 243 g/mol. The van der Waals surface area contributed by atoms with Crippen molar-refractivity contribution in [2.24, 2.45) is 0 Å². The second kappa shape index (κ2) is 3.18. The zero-order valence-corrected chi connectivity index (χ0v) is 7.70. The van der Waals surface area contributed by atoms with Crippen LogP contribution in [0.15, 0.2) is 0 Å². The highest BCUT2D eigenvalue weighted by Crippen LogP contribution is 2.19. The van der Waals surface area contributed by atoms with Gasteiger partial charge in [0.2, 0.25) is 0 Å². The van der Waals surface area contributed by atoms with Gasteiger partial charge in [-0.15, -0.1) is 0 Å². The highest BCUT2D eigenvalue weighted by Gasteiger charge is 2.14. The summed E-state index contributed by atoms with van der Waals surface area (Å²) in [5.41, 5.74) is 0. The Hall–Kier alpha value is 0.920. The molecule has 8 heavy (non-hydrogen) atoms. The fraction of sp³-hybridized carbons (Fsp3) is 1.00. The van der Waals surface area contributed by atoms with Crippen molar-refractivity contribution in [1.29, 1.82) is 0 Å². The molecular weight excluding hydrogens is 234 g/mol. The Kier molecular flexibility index (Phi) is 2.80. The molecule has 1 heterocycles. The molecule has 0 aromatic carbocycles. The van der Waals surface area contributed by atoms with E-state index in [1.54, 1.807) is 0 Å². The second-order valence-corrected chi connectivity index (χ2v) is 4.24. The molecule has 3 heteroatoms. The third-order valence-electron chi connectivity index (χ3n) is 1.28. The van der Waals surface area contributed by atoms with Gasteiger partial charge in [-0.2, -0.15) is 0 Å². The first-order valence-corrected chi connectivity index (χ1v) is 4.66. The third-order valence-corrected chi connectivity index (χ3v) is 2.72. The summed E-state index contributed by atoms with van der Waals surface area (Å²) in [7, 11) is 0. The van der Waals surface area contributed by atoms with Gasteiger partial charge in [0.25, 0.3) is 0 Å². The smallest absolute Gasteiger partial charge is 0.0639 e. The van der Waals surface area contributed by atoms with Crippen LogP contribution in [0.3, 0.4) is 0 Å². The second-order valence-electron chi connectivity index (χ2n) is 2.03. The van der Waals surface area contributed by atoms with Crippen molar-refractivity contribution >= 4 is 31.9 Å². The van der Waals surface area contributed by atoms with E-state index in [0.717, 1.165) is 0 Å². The van der Waals surface area contributed by atoms with Crippen LogP contribution in [0.2, 0.25) is 0 Å². The van der Waals surface area contributed by atoms with Gasteiger partial charge >= 0.3 is 0 Å². The van der Waals surface area contributed by atoms with Crippen LogP contribution in [-0.4, -0.2) is 9.90 Å². The van der Waals surface area contributed by atoms with Crippen LogP contribution < -0.4 is 5.32 Å². The van der Waals surface area contributed by atoms with Gasteiger partial charge in [0.15, 0.2) is 0 Å². The molecule has 1 rings (SSSR count). The van der Waals surface area contributed by atoms with E-state index in [1.165, 1.54) is 19.3 Å². The molecule has 0 saturated carbocycles. The van der Waals surface area contributed by atoms with Crippen LogP contribution in [0.1, 0.15) is 19.3 Å². The summed E-state index contributed by atoms with van der Waals surface area (Å²) in [6.07, 6.45) is 3.82. The highest BCUT2D eigenvalue weighted by molar-refractivity contribution is 9.10. The van der Waals surface area contributed by atoms with E-state index in [4.69, 9.17) is 0 Å². The molecule has 1 saturated heterocycles. The van der Waals surface area contributed by atoms with Crippen molar-refractivity contribution in [3.05, 3.63) is 0 Å². The Balaban J connectivity index is 2.23. The lowest BCUT2D eigenvalue weighted by atomic mass is 10.2. The number of hydrogen-bond acceptors (Lipinski definition) is 1. The van der Waals surface area contributed by atoms with Crippen LogP contribution in [0.25, 0.3) is 0 Å². The van der Waals surface area contributed by atoms with Crippen molar-refractivity contribution in [3.63, 3.8) is 0 Å². The Morgan fingerprint density at radius 1 is 1.12 bits per heavy atom. The molecule has 1 aliphatic rings. The lowest BCUT2D eigenvalue weighted by Crippen LogP contribution is -2.34. The monoisotopic (exact) mass is 241 g/mol. The maximum absolute atomic E-state index is 3.49. The zero-order chi connectivity index (χ0) is 5.98. The summed E-state index contributed by atoms with van der Waals surface area (Å²) in [6, 6.07) is 0. The van der Waals surface area contributed by atoms with Crippen molar-refractivity contribution in [2.45, 2.75) is 29.2 Å². The molecule has 1 aliphatic heterocycles. The molecule has 0 aromatic rings. The fourth-order valence-corrected chi connectivity index (χ4v) is 2.48. The van der Waals surface area contributed by atoms with Crippen LogP contribution in [0.5, 0.6) is 0 Å². The Morgan fingerprint density at radius 2 is 1.62 bits per heavy atom. The van der Waals surface area contributed by atoms with Crippen molar-refractivity contribution in [1.82, 2.24) is 5.32 Å². The largest absolute Gasteiger partial charge is 0.293 e. The average Bonchev–Trinajstić information content (AvgIpc) is 1.64. The molecule has 0 bridgehead atoms. The molecule has 0 amide bonds. The maximum Gasteiger partial charge on any atom is 0.0639 e. The van der Waals surface area contributed by atoms with E-state index in [0.29, 0.717) is 9.90 Å². The van der Waals surface area contributed by atoms with E-state index in [9.17, 15) is 0 Å². The number of hydrogen-bond donors (Lipinski definition) is 1. The van der Waals surface area contributed by atoms with Gasteiger partial charge in [-0.25, -0.2) is 0 Å². The topological polar surface area (TPSA) is 12.0 Å². The number of alkyl halides is 2. The molecule has 1 N–H and O–H groups in total. The van der Waals surface area contributed by atoms with Gasteiger partial charge in [0.1, 0.15) is 0 Å². The summed E-state index contributed by atoms with van der Waals surface area (Å²) >= 11 is 6.98. The summed E-state index contributed by atoms with van der Waals surface area (Å²) in [6.45, 7) is 0. The summed E-state index contributed by atoms with van der Waals surface area (Å²) in [5.74, 6) is 0. The third kappa shape index (κ3) is 2.03. The van der Waals surface area contributed by atoms with Crippen molar-refractivity contribution in [3.8, 4) is 0 Å². The normalized spacial score (nSPS) is 39.8. The molecule has 48 valence electrons. The van der Waals surface area contributed by atoms with Crippen LogP contribution in [-0.2, 0) is 0 Å². The lowest BCUT2D eigenvalue weighted by molar-refractivity contribution is 0.476. The summed E-state index contributed by atoms with van der Waals surface area (Å²) in [4.78, 5) is 1.06. The minimum absolute atomic E-state index is 0.528. The van der Waals surface area contributed by atoms with E-state index < -0.39 is 0 Å². The SMILES string of the molecule is BrC1CCCC(Br)N1. The molecule has 2 unspecified atom stereocenters. The van der Waals surface area contributed by atoms with Gasteiger partial charge in [0, 0.05) is 0 Å². The Labute approximate surface area is 66.5 Å². The Bertz CT molecular complexity index is 68.8. The molecule has 0 radical (unpaired) electrons. The minimum Gasteiger partial charge on any atom is -0.293 e. The van der Waals surface area contributed by atoms with Gasteiger partial charge in [0.05, 0.1) is 9.90 Å². The number of rotatable bonds is 0. The highest BCUT2D eigenvalue weighted by atomic mass is 79.9. The van der Waals surface area contributed by atoms with E-state index >= 15 is 0 Å². The first-order valence-electron chi connectivity index (χ1n) is 2.83. The van der Waals surface area contributed by atoms with Crippen LogP contribution in [0, 0.1) is 0 Å². The van der Waals surface area contributed by atoms with Crippen LogP contribution in [0.4, 0.5) is 0 Å². The number of nitrogens with one attached hydrogen (secondary N) is 1. The molecular formula is C5H9Br2N. The summed E-state index contributed by atoms with van der Waals surface area (Å²) in [5, 5.41) is 3.31. The summed E-state index contributed by atoms with van der Waals surface area (Å²) < 4.78 is 0.